The molecule has 0 atom stereocenters. The molecular formula is C14H11FO. The fraction of sp³-hybridized carbons (Fsp3) is 0.214. The monoisotopic (exact) mass is 214 g/mol. The molecule has 2 aromatic rings. The third-order valence-electron chi connectivity index (χ3n) is 3.42. The van der Waals surface area contributed by atoms with Crippen LogP contribution in [0.5, 0.6) is 0 Å². The van der Waals surface area contributed by atoms with Gasteiger partial charge in [0.15, 0.2) is 0 Å². The van der Waals surface area contributed by atoms with E-state index in [0.717, 1.165) is 30.1 Å². The first kappa shape index (κ1) is 9.52. The Balaban J connectivity index is 2.23. The maximum absolute atomic E-state index is 13.6. The Morgan fingerprint density at radius 3 is 2.69 bits per heavy atom. The van der Waals surface area contributed by atoms with Crippen LogP contribution in [-0.2, 0) is 10.2 Å². The Kier molecular flexibility index (Phi) is 1.87. The summed E-state index contributed by atoms with van der Waals surface area (Å²) in [7, 11) is 0. The van der Waals surface area contributed by atoms with E-state index < -0.39 is 0 Å². The number of rotatable bonds is 2. The molecule has 80 valence electrons. The van der Waals surface area contributed by atoms with Crippen LogP contribution in [0.2, 0.25) is 0 Å². The summed E-state index contributed by atoms with van der Waals surface area (Å²) in [6.07, 6.45) is 2.77. The Morgan fingerprint density at radius 1 is 1.19 bits per heavy atom. The smallest absolute Gasteiger partial charge is 0.131 e. The van der Waals surface area contributed by atoms with Gasteiger partial charge in [-0.1, -0.05) is 24.3 Å². The Morgan fingerprint density at radius 2 is 2.00 bits per heavy atom. The van der Waals surface area contributed by atoms with E-state index in [2.05, 4.69) is 0 Å². The minimum absolute atomic E-state index is 0.221. The van der Waals surface area contributed by atoms with Gasteiger partial charge in [-0.05, 0) is 35.9 Å². The highest BCUT2D eigenvalue weighted by Gasteiger charge is 2.44. The van der Waals surface area contributed by atoms with Crippen LogP contribution in [0, 0.1) is 5.82 Å². The predicted octanol–water partition coefficient (Wildman–Crippen LogP) is 3.21. The van der Waals surface area contributed by atoms with Gasteiger partial charge < -0.3 is 4.79 Å². The summed E-state index contributed by atoms with van der Waals surface area (Å²) in [5.74, 6) is -0.221. The molecule has 0 heterocycles. The lowest BCUT2D eigenvalue weighted by Crippen LogP contribution is -2.07. The number of carbonyl (C=O) groups is 1. The molecule has 1 aliphatic carbocycles. The molecule has 0 saturated heterocycles. The minimum Gasteiger partial charge on any atom is -0.302 e. The molecule has 0 bridgehead atoms. The lowest BCUT2D eigenvalue weighted by Gasteiger charge is -2.09. The molecule has 0 spiro atoms. The second kappa shape index (κ2) is 3.14. The molecule has 0 aromatic heterocycles. The van der Waals surface area contributed by atoms with Gasteiger partial charge in [0.1, 0.15) is 12.1 Å². The second-order valence-electron chi connectivity index (χ2n) is 4.45. The quantitative estimate of drug-likeness (QED) is 0.701. The van der Waals surface area contributed by atoms with E-state index in [9.17, 15) is 9.18 Å². The summed E-state index contributed by atoms with van der Waals surface area (Å²) >= 11 is 0. The van der Waals surface area contributed by atoms with Crippen molar-refractivity contribution in [2.45, 2.75) is 18.3 Å². The van der Waals surface area contributed by atoms with Crippen molar-refractivity contribution >= 4 is 17.1 Å². The Bertz CT molecular complexity index is 570. The van der Waals surface area contributed by atoms with Crippen LogP contribution in [0.25, 0.3) is 10.8 Å². The van der Waals surface area contributed by atoms with Gasteiger partial charge >= 0.3 is 0 Å². The van der Waals surface area contributed by atoms with E-state index in [1.54, 1.807) is 6.07 Å². The molecule has 1 saturated carbocycles. The summed E-state index contributed by atoms with van der Waals surface area (Å²) in [6.45, 7) is 0. The van der Waals surface area contributed by atoms with Gasteiger partial charge in [0, 0.05) is 5.39 Å². The maximum Gasteiger partial charge on any atom is 0.131 e. The normalized spacial score (nSPS) is 17.3. The van der Waals surface area contributed by atoms with Crippen LogP contribution >= 0.6 is 0 Å². The molecule has 16 heavy (non-hydrogen) atoms. The molecule has 3 rings (SSSR count). The molecule has 2 aromatic carbocycles. The van der Waals surface area contributed by atoms with Crippen molar-refractivity contribution < 1.29 is 9.18 Å². The highest BCUT2D eigenvalue weighted by atomic mass is 19.1. The fourth-order valence-electron chi connectivity index (χ4n) is 2.15. The van der Waals surface area contributed by atoms with Gasteiger partial charge in [0.2, 0.25) is 0 Å². The first-order valence-corrected chi connectivity index (χ1v) is 5.40. The highest BCUT2D eigenvalue weighted by molar-refractivity contribution is 5.86. The van der Waals surface area contributed by atoms with Gasteiger partial charge in [-0.15, -0.1) is 0 Å². The van der Waals surface area contributed by atoms with Crippen molar-refractivity contribution in [3.8, 4) is 0 Å². The second-order valence-corrected chi connectivity index (χ2v) is 4.45. The predicted molar refractivity (Wildman–Crippen MR) is 60.9 cm³/mol. The SMILES string of the molecule is O=CC1(c2ccc3cccc(F)c3c2)CC1. The van der Waals surface area contributed by atoms with E-state index >= 15 is 0 Å². The molecule has 0 amide bonds. The summed E-state index contributed by atoms with van der Waals surface area (Å²) in [4.78, 5) is 11.0. The number of halogens is 1. The standard InChI is InChI=1S/C14H11FO/c15-13-3-1-2-10-4-5-11(8-12(10)13)14(9-16)6-7-14/h1-5,8-9H,6-7H2. The van der Waals surface area contributed by atoms with Crippen LogP contribution in [0.1, 0.15) is 18.4 Å². The molecule has 0 N–H and O–H groups in total. The van der Waals surface area contributed by atoms with Crippen molar-refractivity contribution in [1.82, 2.24) is 0 Å². The van der Waals surface area contributed by atoms with E-state index in [0.29, 0.717) is 5.39 Å². The third kappa shape index (κ3) is 1.26. The first-order valence-electron chi connectivity index (χ1n) is 5.40. The average molecular weight is 214 g/mol. The molecule has 0 unspecified atom stereocenters. The number of hydrogen-bond acceptors (Lipinski definition) is 1. The molecule has 1 aliphatic rings. The summed E-state index contributed by atoms with van der Waals surface area (Å²) in [5, 5.41) is 1.48. The highest BCUT2D eigenvalue weighted by Crippen LogP contribution is 2.46. The zero-order valence-electron chi connectivity index (χ0n) is 8.74. The summed E-state index contributed by atoms with van der Waals surface area (Å²) in [6, 6.07) is 10.7. The fourth-order valence-corrected chi connectivity index (χ4v) is 2.15. The largest absolute Gasteiger partial charge is 0.302 e. The third-order valence-corrected chi connectivity index (χ3v) is 3.42. The Hall–Kier alpha value is -1.70. The molecular weight excluding hydrogens is 203 g/mol. The van der Waals surface area contributed by atoms with E-state index in [-0.39, 0.29) is 11.2 Å². The van der Waals surface area contributed by atoms with Crippen LogP contribution in [0.4, 0.5) is 4.39 Å². The van der Waals surface area contributed by atoms with Crippen LogP contribution in [0.3, 0.4) is 0 Å². The van der Waals surface area contributed by atoms with Crippen molar-refractivity contribution in [2.75, 3.05) is 0 Å². The molecule has 2 heteroatoms. The van der Waals surface area contributed by atoms with Crippen LogP contribution < -0.4 is 0 Å². The number of benzene rings is 2. The minimum atomic E-state index is -0.323. The van der Waals surface area contributed by atoms with Crippen LogP contribution in [0.15, 0.2) is 36.4 Å². The molecule has 0 aliphatic heterocycles. The zero-order valence-corrected chi connectivity index (χ0v) is 8.74. The topological polar surface area (TPSA) is 17.1 Å². The molecule has 0 radical (unpaired) electrons. The summed E-state index contributed by atoms with van der Waals surface area (Å²) < 4.78 is 13.6. The van der Waals surface area contributed by atoms with Crippen molar-refractivity contribution in [3.05, 3.63) is 47.8 Å². The van der Waals surface area contributed by atoms with Gasteiger partial charge in [-0.25, -0.2) is 4.39 Å². The number of carbonyl (C=O) groups excluding carboxylic acids is 1. The maximum atomic E-state index is 13.6. The number of fused-ring (bicyclic) bond motifs is 1. The van der Waals surface area contributed by atoms with E-state index in [4.69, 9.17) is 0 Å². The lowest BCUT2D eigenvalue weighted by atomic mass is 9.95. The molecule has 1 fully saturated rings. The van der Waals surface area contributed by atoms with Crippen molar-refractivity contribution in [2.24, 2.45) is 0 Å². The number of hydrogen-bond donors (Lipinski definition) is 0. The van der Waals surface area contributed by atoms with Gasteiger partial charge in [0.25, 0.3) is 0 Å². The van der Waals surface area contributed by atoms with Crippen LogP contribution in [-0.4, -0.2) is 6.29 Å². The van der Waals surface area contributed by atoms with Gasteiger partial charge in [-0.3, -0.25) is 0 Å². The van der Waals surface area contributed by atoms with E-state index in [1.807, 2.05) is 24.3 Å². The van der Waals surface area contributed by atoms with Crippen molar-refractivity contribution in [1.29, 1.82) is 0 Å². The lowest BCUT2D eigenvalue weighted by molar-refractivity contribution is -0.109. The molecule has 1 nitrogen and oxygen atoms in total. The zero-order chi connectivity index (χ0) is 11.2. The van der Waals surface area contributed by atoms with Gasteiger partial charge in [0.05, 0.1) is 5.41 Å². The van der Waals surface area contributed by atoms with Crippen molar-refractivity contribution in [3.63, 3.8) is 0 Å². The number of aldehydes is 1. The average Bonchev–Trinajstić information content (AvgIpc) is 3.10. The Labute approximate surface area is 92.9 Å². The first-order chi connectivity index (χ1) is 7.75. The van der Waals surface area contributed by atoms with E-state index in [1.165, 1.54) is 6.07 Å². The van der Waals surface area contributed by atoms with Gasteiger partial charge in [-0.2, -0.15) is 0 Å². The summed E-state index contributed by atoms with van der Waals surface area (Å²) in [5.41, 5.74) is 0.622.